The van der Waals surface area contributed by atoms with E-state index in [9.17, 15) is 10.5 Å². The van der Waals surface area contributed by atoms with Gasteiger partial charge < -0.3 is 13.4 Å². The number of nitrogens with zero attached hydrogens (tertiary/aromatic N) is 3. The van der Waals surface area contributed by atoms with E-state index in [1.165, 1.54) is 0 Å². The molecule has 0 N–H and O–H groups in total. The van der Waals surface area contributed by atoms with Gasteiger partial charge in [-0.25, -0.2) is 0 Å². The Kier molecular flexibility index (Phi) is 4.68. The summed E-state index contributed by atoms with van der Waals surface area (Å²) in [7, 11) is 0. The molecule has 3 aromatic heterocycles. The van der Waals surface area contributed by atoms with Gasteiger partial charge in [0.15, 0.2) is 11.2 Å². The molecular formula is C38H19N3O2. The number of hydrogen-bond donors (Lipinski definition) is 0. The average molecular weight is 550 g/mol. The van der Waals surface area contributed by atoms with E-state index >= 15 is 0 Å². The lowest BCUT2D eigenvalue weighted by atomic mass is 9.94. The summed E-state index contributed by atoms with van der Waals surface area (Å²) in [5.74, 6) is 0. The molecule has 0 fully saturated rings. The van der Waals surface area contributed by atoms with Crippen LogP contribution in [-0.4, -0.2) is 4.57 Å². The molecule has 0 amide bonds. The molecule has 6 aromatic carbocycles. The second-order valence-corrected chi connectivity index (χ2v) is 10.7. The van der Waals surface area contributed by atoms with Gasteiger partial charge in [-0.1, -0.05) is 72.8 Å². The zero-order valence-electron chi connectivity index (χ0n) is 22.6. The summed E-state index contributed by atoms with van der Waals surface area (Å²) in [6.45, 7) is 0. The number of fused-ring (bicyclic) bond motifs is 9. The van der Waals surface area contributed by atoms with Crippen molar-refractivity contribution < 1.29 is 8.83 Å². The number of furan rings is 2. The molecule has 0 aliphatic rings. The van der Waals surface area contributed by atoms with Crippen LogP contribution in [0.25, 0.3) is 82.5 Å². The van der Waals surface area contributed by atoms with Crippen molar-refractivity contribution in [1.29, 1.82) is 10.5 Å². The Morgan fingerprint density at radius 2 is 1.26 bits per heavy atom. The molecule has 5 heteroatoms. The van der Waals surface area contributed by atoms with Crippen LogP contribution >= 0.6 is 0 Å². The number of hydrogen-bond acceptors (Lipinski definition) is 4. The second-order valence-electron chi connectivity index (χ2n) is 10.7. The summed E-state index contributed by atoms with van der Waals surface area (Å²) in [5.41, 5.74) is 8.68. The highest BCUT2D eigenvalue weighted by Crippen LogP contribution is 2.45. The Morgan fingerprint density at radius 1 is 0.512 bits per heavy atom. The first-order chi connectivity index (χ1) is 21.2. The van der Waals surface area contributed by atoms with Gasteiger partial charge in [0.25, 0.3) is 0 Å². The maximum absolute atomic E-state index is 10.1. The number of aromatic nitrogens is 1. The Labute approximate surface area is 244 Å². The van der Waals surface area contributed by atoms with Crippen LogP contribution in [0, 0.1) is 22.7 Å². The predicted molar refractivity (Wildman–Crippen MR) is 170 cm³/mol. The van der Waals surface area contributed by atoms with Crippen molar-refractivity contribution in [3.63, 3.8) is 0 Å². The molecule has 0 unspecified atom stereocenters. The summed E-state index contributed by atoms with van der Waals surface area (Å²) in [6.07, 6.45) is 0. The fourth-order valence-electron chi connectivity index (χ4n) is 6.67. The monoisotopic (exact) mass is 549 g/mol. The minimum atomic E-state index is 0.471. The van der Waals surface area contributed by atoms with E-state index < -0.39 is 0 Å². The predicted octanol–water partition coefficient (Wildman–Crippen LogP) is 9.99. The molecule has 0 spiro atoms. The van der Waals surface area contributed by atoms with E-state index in [0.717, 1.165) is 71.3 Å². The van der Waals surface area contributed by atoms with Gasteiger partial charge in [-0.15, -0.1) is 0 Å². The van der Waals surface area contributed by atoms with Crippen molar-refractivity contribution in [2.75, 3.05) is 0 Å². The molecule has 0 saturated heterocycles. The van der Waals surface area contributed by atoms with Crippen molar-refractivity contribution in [3.8, 4) is 29.0 Å². The second kappa shape index (κ2) is 8.60. The summed E-state index contributed by atoms with van der Waals surface area (Å²) >= 11 is 0. The van der Waals surface area contributed by atoms with Crippen molar-refractivity contribution in [3.05, 3.63) is 126 Å². The van der Waals surface area contributed by atoms with Crippen LogP contribution in [0.5, 0.6) is 0 Å². The lowest BCUT2D eigenvalue weighted by Gasteiger charge is -2.09. The highest BCUT2D eigenvalue weighted by molar-refractivity contribution is 6.21. The maximum atomic E-state index is 10.1. The van der Waals surface area contributed by atoms with Gasteiger partial charge in [-0.3, -0.25) is 0 Å². The van der Waals surface area contributed by atoms with E-state index in [2.05, 4.69) is 47.0 Å². The van der Waals surface area contributed by atoms with Crippen LogP contribution in [0.3, 0.4) is 0 Å². The first-order valence-corrected chi connectivity index (χ1v) is 14.0. The fraction of sp³-hybridized carbons (Fsp3) is 0. The quantitative estimate of drug-likeness (QED) is 0.215. The Morgan fingerprint density at radius 3 is 2.14 bits per heavy atom. The largest absolute Gasteiger partial charge is 0.456 e. The van der Waals surface area contributed by atoms with Gasteiger partial charge in [0.1, 0.15) is 17.2 Å². The zero-order valence-corrected chi connectivity index (χ0v) is 22.6. The minimum Gasteiger partial charge on any atom is -0.456 e. The molecule has 3 heterocycles. The van der Waals surface area contributed by atoms with Crippen LogP contribution < -0.4 is 0 Å². The van der Waals surface area contributed by atoms with Crippen molar-refractivity contribution in [2.45, 2.75) is 0 Å². The molecule has 198 valence electrons. The van der Waals surface area contributed by atoms with E-state index in [1.807, 2.05) is 84.9 Å². The standard InChI is InChI=1S/C38H19N3O2/c39-20-22-15-17-25-24-7-1-3-11-30(24)41(32(25)19-22)31-12-5-10-29-36-27(18-16-23(21-40)37(36)43-38(29)31)26-9-6-14-34-35(26)28-8-2-4-13-33(28)42-34/h1-19H. The first-order valence-electron chi connectivity index (χ1n) is 14.0. The average Bonchev–Trinajstić information content (AvgIpc) is 3.74. The zero-order chi connectivity index (χ0) is 28.7. The van der Waals surface area contributed by atoms with Gasteiger partial charge in [0, 0.05) is 32.3 Å². The lowest BCUT2D eigenvalue weighted by molar-refractivity contribution is 0.665. The SMILES string of the molecule is N#Cc1ccc2c3ccccc3n(-c3cccc4c3oc3c(C#N)ccc(-c5cccc6oc7ccccc7c56)c34)c2c1. The van der Waals surface area contributed by atoms with E-state index in [1.54, 1.807) is 0 Å². The number of para-hydroxylation sites is 3. The third-order valence-corrected chi connectivity index (χ3v) is 8.48. The fourth-order valence-corrected chi connectivity index (χ4v) is 6.67. The third kappa shape index (κ3) is 3.14. The van der Waals surface area contributed by atoms with E-state index in [-0.39, 0.29) is 0 Å². The van der Waals surface area contributed by atoms with Gasteiger partial charge in [0.2, 0.25) is 0 Å². The van der Waals surface area contributed by atoms with Gasteiger partial charge in [0.05, 0.1) is 33.9 Å². The highest BCUT2D eigenvalue weighted by Gasteiger charge is 2.23. The summed E-state index contributed by atoms with van der Waals surface area (Å²) in [6, 6.07) is 42.7. The van der Waals surface area contributed by atoms with Crippen molar-refractivity contribution in [1.82, 2.24) is 4.57 Å². The lowest BCUT2D eigenvalue weighted by Crippen LogP contribution is -1.94. The van der Waals surface area contributed by atoms with Gasteiger partial charge in [-0.2, -0.15) is 10.5 Å². The van der Waals surface area contributed by atoms with Crippen molar-refractivity contribution >= 4 is 65.7 Å². The van der Waals surface area contributed by atoms with Crippen LogP contribution in [0.4, 0.5) is 0 Å². The molecule has 0 radical (unpaired) electrons. The van der Waals surface area contributed by atoms with E-state index in [4.69, 9.17) is 8.83 Å². The number of benzene rings is 6. The van der Waals surface area contributed by atoms with Gasteiger partial charge >= 0.3 is 0 Å². The number of nitriles is 2. The van der Waals surface area contributed by atoms with Crippen LogP contribution in [0.2, 0.25) is 0 Å². The molecule has 43 heavy (non-hydrogen) atoms. The van der Waals surface area contributed by atoms with Crippen molar-refractivity contribution in [2.24, 2.45) is 0 Å². The molecule has 9 rings (SSSR count). The van der Waals surface area contributed by atoms with Crippen LogP contribution in [0.15, 0.2) is 124 Å². The van der Waals surface area contributed by atoms with Crippen LogP contribution in [0.1, 0.15) is 11.1 Å². The molecule has 0 aliphatic carbocycles. The molecule has 9 aromatic rings. The molecule has 5 nitrogen and oxygen atoms in total. The van der Waals surface area contributed by atoms with E-state index in [0.29, 0.717) is 22.3 Å². The maximum Gasteiger partial charge on any atom is 0.159 e. The summed E-state index contributed by atoms with van der Waals surface area (Å²) in [5, 5.41) is 25.8. The number of rotatable bonds is 2. The smallest absolute Gasteiger partial charge is 0.159 e. The molecule has 0 bridgehead atoms. The molecule has 0 saturated carbocycles. The topological polar surface area (TPSA) is 78.8 Å². The summed E-state index contributed by atoms with van der Waals surface area (Å²) in [4.78, 5) is 0. The van der Waals surface area contributed by atoms with Crippen LogP contribution in [-0.2, 0) is 0 Å². The minimum absolute atomic E-state index is 0.471. The molecule has 0 atom stereocenters. The Balaban J connectivity index is 1.43. The third-order valence-electron chi connectivity index (χ3n) is 8.48. The highest BCUT2D eigenvalue weighted by atomic mass is 16.3. The first kappa shape index (κ1) is 23.4. The normalized spacial score (nSPS) is 11.7. The molecular weight excluding hydrogens is 530 g/mol. The Bertz CT molecular complexity index is 2710. The summed E-state index contributed by atoms with van der Waals surface area (Å²) < 4.78 is 15.1. The Hall–Kier alpha value is -6.30. The molecule has 0 aliphatic heterocycles. The van der Waals surface area contributed by atoms with Gasteiger partial charge in [-0.05, 0) is 53.6 Å².